The van der Waals surface area contributed by atoms with E-state index in [0.29, 0.717) is 25.6 Å². The Morgan fingerprint density at radius 2 is 2.05 bits per heavy atom. The van der Waals surface area contributed by atoms with Crippen molar-refractivity contribution >= 4 is 6.09 Å². The van der Waals surface area contributed by atoms with Crippen LogP contribution in [-0.2, 0) is 17.7 Å². The summed E-state index contributed by atoms with van der Waals surface area (Å²) in [5.74, 6) is 0. The smallest absolute Gasteiger partial charge is 0.410 e. The summed E-state index contributed by atoms with van der Waals surface area (Å²) in [6.07, 6.45) is 2.41. The van der Waals surface area contributed by atoms with E-state index in [-0.39, 0.29) is 11.7 Å². The molecule has 1 aromatic heterocycles. The normalized spacial score (nSPS) is 18.9. The number of nitrogens with one attached hydrogen (secondary N) is 1. The molecule has 1 aliphatic carbocycles. The fraction of sp³-hybridized carbons (Fsp3) is 0.714. The van der Waals surface area contributed by atoms with Gasteiger partial charge in [-0.15, -0.1) is 0 Å². The first-order valence-corrected chi connectivity index (χ1v) is 7.15. The number of rotatable bonds is 1. The molecule has 3 rings (SSSR count). The zero-order valence-corrected chi connectivity index (χ0v) is 12.2. The first-order chi connectivity index (χ1) is 9.35. The third-order valence-electron chi connectivity index (χ3n) is 3.64. The van der Waals surface area contributed by atoms with Gasteiger partial charge < -0.3 is 9.64 Å². The van der Waals surface area contributed by atoms with Crippen LogP contribution < -0.4 is 5.56 Å². The maximum atomic E-state index is 12.2. The molecule has 1 aliphatic heterocycles. The van der Waals surface area contributed by atoms with Crippen molar-refractivity contribution in [1.29, 1.82) is 0 Å². The summed E-state index contributed by atoms with van der Waals surface area (Å²) in [7, 11) is 0. The van der Waals surface area contributed by atoms with Crippen molar-refractivity contribution < 1.29 is 9.53 Å². The standard InChI is InChI=1S/C14H21N3O3/c1-14(2,3)20-13(19)16-7-6-10-11(8-16)15-17(12(10)18)9-4-5-9/h9,15H,4-8H2,1-3H3. The molecular weight excluding hydrogens is 258 g/mol. The Hall–Kier alpha value is -1.72. The molecule has 0 unspecified atom stereocenters. The van der Waals surface area contributed by atoms with Gasteiger partial charge in [0.15, 0.2) is 0 Å². The average Bonchev–Trinajstić information content (AvgIpc) is 3.13. The van der Waals surface area contributed by atoms with Gasteiger partial charge in [-0.05, 0) is 40.0 Å². The first kappa shape index (κ1) is 13.3. The van der Waals surface area contributed by atoms with Crippen LogP contribution in [0.1, 0.15) is 50.9 Å². The van der Waals surface area contributed by atoms with Crippen LogP contribution in [0.3, 0.4) is 0 Å². The molecule has 1 saturated carbocycles. The molecule has 20 heavy (non-hydrogen) atoms. The first-order valence-electron chi connectivity index (χ1n) is 7.15. The minimum absolute atomic E-state index is 0.0892. The second kappa shape index (κ2) is 4.40. The van der Waals surface area contributed by atoms with Crippen molar-refractivity contribution in [3.05, 3.63) is 21.6 Å². The second-order valence-electron chi connectivity index (χ2n) is 6.63. The van der Waals surface area contributed by atoms with E-state index < -0.39 is 5.60 Å². The number of amides is 1. The highest BCUT2D eigenvalue weighted by atomic mass is 16.6. The van der Waals surface area contributed by atoms with Crippen LogP contribution in [0.4, 0.5) is 4.79 Å². The van der Waals surface area contributed by atoms with Crippen LogP contribution in [0, 0.1) is 0 Å². The largest absolute Gasteiger partial charge is 0.444 e. The molecule has 6 nitrogen and oxygen atoms in total. The van der Waals surface area contributed by atoms with E-state index in [2.05, 4.69) is 5.10 Å². The van der Waals surface area contributed by atoms with Crippen molar-refractivity contribution in [1.82, 2.24) is 14.7 Å². The highest BCUT2D eigenvalue weighted by molar-refractivity contribution is 5.68. The Bertz CT molecular complexity index is 590. The predicted octanol–water partition coefficient (Wildman–Crippen LogP) is 1.80. The minimum Gasteiger partial charge on any atom is -0.444 e. The second-order valence-corrected chi connectivity index (χ2v) is 6.63. The van der Waals surface area contributed by atoms with Crippen LogP contribution in [0.5, 0.6) is 0 Å². The van der Waals surface area contributed by atoms with Gasteiger partial charge >= 0.3 is 6.09 Å². The number of H-pyrrole nitrogens is 1. The Balaban J connectivity index is 1.77. The van der Waals surface area contributed by atoms with E-state index in [4.69, 9.17) is 4.74 Å². The van der Waals surface area contributed by atoms with Gasteiger partial charge in [0, 0.05) is 12.1 Å². The van der Waals surface area contributed by atoms with E-state index >= 15 is 0 Å². The molecule has 1 aromatic rings. The molecule has 110 valence electrons. The summed E-state index contributed by atoms with van der Waals surface area (Å²) in [5, 5.41) is 3.17. The lowest BCUT2D eigenvalue weighted by Gasteiger charge is -2.29. The molecule has 0 radical (unpaired) electrons. The third kappa shape index (κ3) is 2.46. The predicted molar refractivity (Wildman–Crippen MR) is 73.7 cm³/mol. The number of aromatic amines is 1. The van der Waals surface area contributed by atoms with Crippen LogP contribution in [0.2, 0.25) is 0 Å². The van der Waals surface area contributed by atoms with Crippen molar-refractivity contribution in [2.75, 3.05) is 6.54 Å². The monoisotopic (exact) mass is 279 g/mol. The molecule has 1 N–H and O–H groups in total. The lowest BCUT2D eigenvalue weighted by atomic mass is 10.1. The topological polar surface area (TPSA) is 67.3 Å². The van der Waals surface area contributed by atoms with Crippen LogP contribution in [0.15, 0.2) is 4.79 Å². The van der Waals surface area contributed by atoms with Crippen molar-refractivity contribution in [2.45, 2.75) is 58.2 Å². The number of hydrogen-bond donors (Lipinski definition) is 1. The van der Waals surface area contributed by atoms with Crippen molar-refractivity contribution in [2.24, 2.45) is 0 Å². The van der Waals surface area contributed by atoms with E-state index in [1.165, 1.54) is 0 Å². The Labute approximate surface area is 117 Å². The maximum absolute atomic E-state index is 12.2. The SMILES string of the molecule is CC(C)(C)OC(=O)N1CCc2c([nH]n(C3CC3)c2=O)C1. The Morgan fingerprint density at radius 1 is 1.35 bits per heavy atom. The van der Waals surface area contributed by atoms with Gasteiger partial charge in [-0.2, -0.15) is 0 Å². The molecule has 0 spiro atoms. The van der Waals surface area contributed by atoms with Gasteiger partial charge in [-0.1, -0.05) is 0 Å². The molecule has 6 heteroatoms. The van der Waals surface area contributed by atoms with Gasteiger partial charge in [0.05, 0.1) is 18.3 Å². The fourth-order valence-electron chi connectivity index (χ4n) is 2.52. The lowest BCUT2D eigenvalue weighted by Crippen LogP contribution is -2.40. The van der Waals surface area contributed by atoms with E-state index in [1.54, 1.807) is 9.58 Å². The summed E-state index contributed by atoms with van der Waals surface area (Å²) in [5.41, 5.74) is 1.28. The summed E-state index contributed by atoms with van der Waals surface area (Å²) in [6, 6.07) is 0.336. The summed E-state index contributed by atoms with van der Waals surface area (Å²) >= 11 is 0. The highest BCUT2D eigenvalue weighted by Gasteiger charge is 2.32. The molecule has 0 saturated heterocycles. The molecule has 1 amide bonds. The zero-order valence-electron chi connectivity index (χ0n) is 12.2. The summed E-state index contributed by atoms with van der Waals surface area (Å²) < 4.78 is 7.10. The highest BCUT2D eigenvalue weighted by Crippen LogP contribution is 2.33. The molecule has 1 fully saturated rings. The van der Waals surface area contributed by atoms with Crippen LogP contribution in [0.25, 0.3) is 0 Å². The lowest BCUT2D eigenvalue weighted by molar-refractivity contribution is 0.0221. The van der Waals surface area contributed by atoms with Crippen molar-refractivity contribution in [3.8, 4) is 0 Å². The number of nitrogens with zero attached hydrogens (tertiary/aromatic N) is 2. The number of aromatic nitrogens is 2. The Kier molecular flexibility index (Phi) is 2.92. The maximum Gasteiger partial charge on any atom is 0.410 e. The molecule has 2 heterocycles. The van der Waals surface area contributed by atoms with E-state index in [9.17, 15) is 9.59 Å². The number of ether oxygens (including phenoxy) is 1. The summed E-state index contributed by atoms with van der Waals surface area (Å²) in [6.45, 7) is 6.53. The molecule has 0 atom stereocenters. The zero-order chi connectivity index (χ0) is 14.5. The van der Waals surface area contributed by atoms with Gasteiger partial charge in [-0.3, -0.25) is 9.89 Å². The number of hydrogen-bond acceptors (Lipinski definition) is 3. The van der Waals surface area contributed by atoms with Crippen LogP contribution in [-0.4, -0.2) is 32.9 Å². The van der Waals surface area contributed by atoms with Gasteiger partial charge in [0.1, 0.15) is 5.60 Å². The molecule has 0 bridgehead atoms. The van der Waals surface area contributed by atoms with Gasteiger partial charge in [-0.25, -0.2) is 9.48 Å². The molecular formula is C14H21N3O3. The quantitative estimate of drug-likeness (QED) is 0.852. The number of carbonyl (C=O) groups excluding carboxylic acids is 1. The molecule has 2 aliphatic rings. The summed E-state index contributed by atoms with van der Waals surface area (Å²) in [4.78, 5) is 25.9. The number of carbonyl (C=O) groups is 1. The number of fused-ring (bicyclic) bond motifs is 1. The van der Waals surface area contributed by atoms with E-state index in [0.717, 1.165) is 24.1 Å². The fourth-order valence-corrected chi connectivity index (χ4v) is 2.52. The average molecular weight is 279 g/mol. The van der Waals surface area contributed by atoms with E-state index in [1.807, 2.05) is 20.8 Å². The van der Waals surface area contributed by atoms with Crippen molar-refractivity contribution in [3.63, 3.8) is 0 Å². The van der Waals surface area contributed by atoms with Crippen LogP contribution >= 0.6 is 0 Å². The van der Waals surface area contributed by atoms with Gasteiger partial charge in [0.25, 0.3) is 5.56 Å². The Morgan fingerprint density at radius 3 is 2.65 bits per heavy atom. The molecule has 0 aromatic carbocycles. The minimum atomic E-state index is -0.495. The van der Waals surface area contributed by atoms with Gasteiger partial charge in [0.2, 0.25) is 0 Å². The third-order valence-corrected chi connectivity index (χ3v) is 3.64.